The molecule has 33 heavy (non-hydrogen) atoms. The molecule has 2 amide bonds. The van der Waals surface area contributed by atoms with Gasteiger partial charge in [0.05, 0.1) is 13.5 Å². The van der Waals surface area contributed by atoms with Crippen molar-refractivity contribution in [1.82, 2.24) is 10.2 Å². The summed E-state index contributed by atoms with van der Waals surface area (Å²) in [6.45, 7) is 3.86. The molecule has 3 unspecified atom stereocenters. The van der Waals surface area contributed by atoms with Crippen molar-refractivity contribution in [3.8, 4) is 5.75 Å². The molecule has 172 valence electrons. The number of esters is 1. The molecule has 2 heterocycles. The highest BCUT2D eigenvalue weighted by atomic mass is 32.2. The van der Waals surface area contributed by atoms with Gasteiger partial charge < -0.3 is 19.3 Å². The van der Waals surface area contributed by atoms with Crippen LogP contribution in [-0.4, -0.2) is 57.6 Å². The summed E-state index contributed by atoms with van der Waals surface area (Å²) in [5.74, 6) is -0.717. The van der Waals surface area contributed by atoms with Crippen molar-refractivity contribution in [3.05, 3.63) is 77.9 Å². The van der Waals surface area contributed by atoms with Crippen LogP contribution in [0.1, 0.15) is 11.1 Å². The topological polar surface area (TPSA) is 108 Å². The second-order valence-corrected chi connectivity index (χ2v) is 9.42. The fraction of sp³-hybridized carbons (Fsp3) is 0.292. The fourth-order valence-corrected chi connectivity index (χ4v) is 5.62. The molecule has 0 aromatic heterocycles. The van der Waals surface area contributed by atoms with Crippen molar-refractivity contribution >= 4 is 29.0 Å². The Morgan fingerprint density at radius 1 is 1.15 bits per heavy atom. The number of rotatable bonds is 7. The molecule has 8 nitrogen and oxygen atoms in total. The average Bonchev–Trinajstić information content (AvgIpc) is 2.81. The van der Waals surface area contributed by atoms with Crippen LogP contribution >= 0.6 is 0 Å². The Labute approximate surface area is 194 Å². The van der Waals surface area contributed by atoms with Crippen molar-refractivity contribution in [2.45, 2.75) is 30.5 Å². The number of hydrogen-bond acceptors (Lipinski definition) is 6. The maximum atomic E-state index is 12.8. The third-order valence-corrected chi connectivity index (χ3v) is 7.32. The van der Waals surface area contributed by atoms with E-state index in [2.05, 4.69) is 11.9 Å². The third-order valence-electron chi connectivity index (χ3n) is 5.63. The first kappa shape index (κ1) is 22.9. The Morgan fingerprint density at radius 3 is 2.52 bits per heavy atom. The van der Waals surface area contributed by atoms with Gasteiger partial charge in [-0.15, -0.1) is 0 Å². The van der Waals surface area contributed by atoms with E-state index in [9.17, 15) is 18.9 Å². The summed E-state index contributed by atoms with van der Waals surface area (Å²) < 4.78 is 23.2. The van der Waals surface area contributed by atoms with Gasteiger partial charge in [-0.3, -0.25) is 14.5 Å². The van der Waals surface area contributed by atoms with Gasteiger partial charge in [0, 0.05) is 5.57 Å². The van der Waals surface area contributed by atoms with Gasteiger partial charge in [-0.05, 0) is 34.4 Å². The van der Waals surface area contributed by atoms with Crippen molar-refractivity contribution < 1.29 is 28.4 Å². The zero-order chi connectivity index (χ0) is 23.5. The highest BCUT2D eigenvalue weighted by Gasteiger charge is 2.63. The molecule has 0 bridgehead atoms. The molecule has 0 saturated carbocycles. The van der Waals surface area contributed by atoms with Crippen LogP contribution in [0.25, 0.3) is 0 Å². The summed E-state index contributed by atoms with van der Waals surface area (Å²) in [5, 5.41) is 1.88. The summed E-state index contributed by atoms with van der Waals surface area (Å²) in [7, 11) is 1.56. The molecule has 4 atom stereocenters. The summed E-state index contributed by atoms with van der Waals surface area (Å²) in [4.78, 5) is 39.3. The second-order valence-electron chi connectivity index (χ2n) is 7.89. The fourth-order valence-electron chi connectivity index (χ4n) is 3.96. The van der Waals surface area contributed by atoms with E-state index < -0.39 is 40.5 Å². The quantitative estimate of drug-likeness (QED) is 0.284. The molecule has 0 radical (unpaired) electrons. The average molecular weight is 469 g/mol. The first-order valence-corrected chi connectivity index (χ1v) is 11.8. The molecular formula is C24H24N2O6S. The minimum atomic E-state index is -1.48. The van der Waals surface area contributed by atoms with E-state index in [1.54, 1.807) is 31.4 Å². The lowest BCUT2D eigenvalue weighted by molar-refractivity contribution is -0.164. The maximum absolute atomic E-state index is 12.8. The molecule has 2 aromatic rings. The highest BCUT2D eigenvalue weighted by Crippen LogP contribution is 2.36. The lowest BCUT2D eigenvalue weighted by Crippen LogP contribution is -2.78. The maximum Gasteiger partial charge on any atom is 0.333 e. The number of benzene rings is 2. The van der Waals surface area contributed by atoms with Crippen LogP contribution in [0, 0.1) is 0 Å². The smallest absolute Gasteiger partial charge is 0.333 e. The van der Waals surface area contributed by atoms with E-state index in [1.165, 1.54) is 4.90 Å². The SMILES string of the molecule is C=C1C[S+]([O-])[C@H]2C(NC(=O)Cc3ccccc3)C(=O)N2C1C(=O)OCc1ccc(OC)cc1. The van der Waals surface area contributed by atoms with Crippen LogP contribution < -0.4 is 10.1 Å². The molecule has 2 aromatic carbocycles. The van der Waals surface area contributed by atoms with E-state index in [-0.39, 0.29) is 24.7 Å². The van der Waals surface area contributed by atoms with Crippen molar-refractivity contribution in [2.75, 3.05) is 12.9 Å². The summed E-state index contributed by atoms with van der Waals surface area (Å²) in [6.07, 6.45) is 0.101. The second kappa shape index (κ2) is 9.68. The van der Waals surface area contributed by atoms with E-state index in [1.807, 2.05) is 30.3 Å². The first-order chi connectivity index (χ1) is 15.9. The van der Waals surface area contributed by atoms with Crippen LogP contribution in [0.2, 0.25) is 0 Å². The number of carbonyl (C=O) groups is 3. The molecule has 9 heteroatoms. The molecule has 1 N–H and O–H groups in total. The minimum Gasteiger partial charge on any atom is -0.614 e. The zero-order valence-electron chi connectivity index (χ0n) is 18.1. The number of nitrogens with one attached hydrogen (secondary N) is 1. The first-order valence-electron chi connectivity index (χ1n) is 10.4. The van der Waals surface area contributed by atoms with Crippen LogP contribution in [0.3, 0.4) is 0 Å². The number of fused-ring (bicyclic) bond motifs is 1. The monoisotopic (exact) mass is 468 g/mol. The van der Waals surface area contributed by atoms with Crippen LogP contribution in [0.15, 0.2) is 66.7 Å². The molecule has 4 rings (SSSR count). The number of β-lactam (4-membered cyclic amide) rings is 1. The van der Waals surface area contributed by atoms with Crippen molar-refractivity contribution in [1.29, 1.82) is 0 Å². The number of ether oxygens (including phenoxy) is 2. The number of nitrogens with zero attached hydrogens (tertiary/aromatic N) is 1. The largest absolute Gasteiger partial charge is 0.614 e. The third kappa shape index (κ3) is 4.74. The van der Waals surface area contributed by atoms with Gasteiger partial charge in [-0.2, -0.15) is 0 Å². The molecule has 2 fully saturated rings. The van der Waals surface area contributed by atoms with Gasteiger partial charge in [-0.1, -0.05) is 49.0 Å². The number of carbonyl (C=O) groups excluding carboxylic acids is 3. The predicted molar refractivity (Wildman–Crippen MR) is 121 cm³/mol. The Balaban J connectivity index is 1.40. The summed E-state index contributed by atoms with van der Waals surface area (Å²) in [6, 6.07) is 14.2. The molecule has 2 saturated heterocycles. The highest BCUT2D eigenvalue weighted by molar-refractivity contribution is 7.92. The number of methoxy groups -OCH3 is 1. The van der Waals surface area contributed by atoms with Gasteiger partial charge >= 0.3 is 5.97 Å². The molecule has 0 aliphatic carbocycles. The van der Waals surface area contributed by atoms with Crippen LogP contribution in [-0.2, 0) is 43.3 Å². The minimum absolute atomic E-state index is 0.0135. The molecule has 2 aliphatic heterocycles. The number of hydrogen-bond donors (Lipinski definition) is 1. The zero-order valence-corrected chi connectivity index (χ0v) is 18.9. The van der Waals surface area contributed by atoms with Crippen LogP contribution in [0.5, 0.6) is 5.75 Å². The molecule has 0 spiro atoms. The Morgan fingerprint density at radius 2 is 1.85 bits per heavy atom. The van der Waals surface area contributed by atoms with Gasteiger partial charge in [0.2, 0.25) is 11.3 Å². The van der Waals surface area contributed by atoms with E-state index in [4.69, 9.17) is 9.47 Å². The van der Waals surface area contributed by atoms with E-state index in [0.717, 1.165) is 11.1 Å². The van der Waals surface area contributed by atoms with Crippen molar-refractivity contribution in [3.63, 3.8) is 0 Å². The van der Waals surface area contributed by atoms with E-state index in [0.29, 0.717) is 11.3 Å². The van der Waals surface area contributed by atoms with E-state index >= 15 is 0 Å². The summed E-state index contributed by atoms with van der Waals surface area (Å²) >= 11 is -1.48. The van der Waals surface area contributed by atoms with Gasteiger partial charge in [0.1, 0.15) is 18.1 Å². The number of amides is 2. The molecular weight excluding hydrogens is 444 g/mol. The standard InChI is InChI=1S/C24H24N2O6S/c1-15-14-33(30)23-20(25-19(27)12-16-6-4-3-5-7-16)22(28)26(23)21(15)24(29)32-13-17-8-10-18(31-2)11-9-17/h3-11,20-21,23H,1,12-14H2,2H3,(H,25,27)/t20?,21?,23-,33?/m0/s1. The Bertz CT molecular complexity index is 1060. The van der Waals surface area contributed by atoms with Crippen molar-refractivity contribution in [2.24, 2.45) is 0 Å². The van der Waals surface area contributed by atoms with Crippen LogP contribution in [0.4, 0.5) is 0 Å². The Hall–Kier alpha value is -3.30. The Kier molecular flexibility index (Phi) is 6.71. The van der Waals surface area contributed by atoms with Gasteiger partial charge in [-0.25, -0.2) is 4.79 Å². The molecule has 2 aliphatic rings. The van der Waals surface area contributed by atoms with Gasteiger partial charge in [0.25, 0.3) is 5.91 Å². The lowest BCUT2D eigenvalue weighted by atomic mass is 9.98. The lowest BCUT2D eigenvalue weighted by Gasteiger charge is -2.52. The predicted octanol–water partition coefficient (Wildman–Crippen LogP) is 1.32. The summed E-state index contributed by atoms with van der Waals surface area (Å²) in [5.41, 5.74) is 1.91. The van der Waals surface area contributed by atoms with Gasteiger partial charge in [0.15, 0.2) is 12.1 Å². The normalized spacial score (nSPS) is 23.9.